The van der Waals surface area contributed by atoms with Gasteiger partial charge in [0.15, 0.2) is 0 Å². The van der Waals surface area contributed by atoms with Gasteiger partial charge in [0.1, 0.15) is 5.82 Å². The number of fused-ring (bicyclic) bond motifs is 1. The predicted molar refractivity (Wildman–Crippen MR) is 67.7 cm³/mol. The first-order valence-corrected chi connectivity index (χ1v) is 5.95. The highest BCUT2D eigenvalue weighted by atomic mass is 15.1. The summed E-state index contributed by atoms with van der Waals surface area (Å²) in [7, 11) is 1.98. The predicted octanol–water partition coefficient (Wildman–Crippen LogP) is 2.21. The molecule has 0 bridgehead atoms. The number of aromatic nitrogens is 2. The van der Waals surface area contributed by atoms with Crippen LogP contribution in [0.1, 0.15) is 19.2 Å². The standard InChI is InChI=1S/C13H19N3/c1-3-6-13-15-11-7-4-5-8-12(11)16(13)10-9-14-2/h4-5,7-8,14H,3,6,9-10H2,1-2H3. The van der Waals surface area contributed by atoms with Gasteiger partial charge in [-0.2, -0.15) is 0 Å². The Hall–Kier alpha value is -1.35. The number of rotatable bonds is 5. The molecular weight excluding hydrogens is 198 g/mol. The lowest BCUT2D eigenvalue weighted by Gasteiger charge is -2.07. The lowest BCUT2D eigenvalue weighted by Crippen LogP contribution is -2.16. The van der Waals surface area contributed by atoms with Crippen LogP contribution in [0.15, 0.2) is 24.3 Å². The largest absolute Gasteiger partial charge is 0.327 e. The third-order valence-corrected chi connectivity index (χ3v) is 2.79. The molecule has 2 rings (SSSR count). The van der Waals surface area contributed by atoms with Crippen molar-refractivity contribution in [1.82, 2.24) is 14.9 Å². The van der Waals surface area contributed by atoms with E-state index in [-0.39, 0.29) is 0 Å². The van der Waals surface area contributed by atoms with Crippen LogP contribution in [0.2, 0.25) is 0 Å². The van der Waals surface area contributed by atoms with Gasteiger partial charge in [0, 0.05) is 19.5 Å². The Kier molecular flexibility index (Phi) is 3.57. The fraction of sp³-hybridized carbons (Fsp3) is 0.462. The summed E-state index contributed by atoms with van der Waals surface area (Å²) in [5.74, 6) is 1.21. The second-order valence-corrected chi connectivity index (χ2v) is 4.02. The van der Waals surface area contributed by atoms with E-state index >= 15 is 0 Å². The van der Waals surface area contributed by atoms with Crippen molar-refractivity contribution in [2.24, 2.45) is 0 Å². The minimum atomic E-state index is 0.983. The topological polar surface area (TPSA) is 29.9 Å². The number of imidazole rings is 1. The Morgan fingerprint density at radius 2 is 2.12 bits per heavy atom. The summed E-state index contributed by atoms with van der Waals surface area (Å²) in [6.45, 7) is 4.17. The molecule has 0 aliphatic heterocycles. The van der Waals surface area contributed by atoms with Crippen molar-refractivity contribution in [3.63, 3.8) is 0 Å². The normalized spacial score (nSPS) is 11.1. The molecule has 1 heterocycles. The van der Waals surface area contributed by atoms with Crippen molar-refractivity contribution in [3.05, 3.63) is 30.1 Å². The van der Waals surface area contributed by atoms with Gasteiger partial charge in [-0.1, -0.05) is 19.1 Å². The maximum atomic E-state index is 4.69. The van der Waals surface area contributed by atoms with Crippen LogP contribution in [0.25, 0.3) is 11.0 Å². The van der Waals surface area contributed by atoms with Crippen molar-refractivity contribution in [2.45, 2.75) is 26.3 Å². The molecule has 0 atom stereocenters. The van der Waals surface area contributed by atoms with E-state index in [1.165, 1.54) is 11.3 Å². The molecule has 0 saturated carbocycles. The third-order valence-electron chi connectivity index (χ3n) is 2.79. The van der Waals surface area contributed by atoms with Crippen molar-refractivity contribution in [1.29, 1.82) is 0 Å². The smallest absolute Gasteiger partial charge is 0.109 e. The number of para-hydroxylation sites is 2. The Morgan fingerprint density at radius 3 is 2.88 bits per heavy atom. The van der Waals surface area contributed by atoms with E-state index in [9.17, 15) is 0 Å². The molecule has 16 heavy (non-hydrogen) atoms. The number of hydrogen-bond donors (Lipinski definition) is 1. The van der Waals surface area contributed by atoms with Crippen LogP contribution in [0, 0.1) is 0 Å². The minimum absolute atomic E-state index is 0.983. The molecule has 0 unspecified atom stereocenters. The fourth-order valence-corrected chi connectivity index (χ4v) is 2.01. The van der Waals surface area contributed by atoms with Crippen LogP contribution in [-0.2, 0) is 13.0 Å². The Labute approximate surface area is 96.5 Å². The molecule has 0 aliphatic carbocycles. The highest BCUT2D eigenvalue weighted by Crippen LogP contribution is 2.16. The van der Waals surface area contributed by atoms with Crippen LogP contribution >= 0.6 is 0 Å². The van der Waals surface area contributed by atoms with E-state index in [4.69, 9.17) is 4.98 Å². The Balaban J connectivity index is 2.42. The molecule has 3 nitrogen and oxygen atoms in total. The summed E-state index contributed by atoms with van der Waals surface area (Å²) in [4.78, 5) is 4.69. The molecule has 0 saturated heterocycles. The van der Waals surface area contributed by atoms with E-state index in [0.29, 0.717) is 0 Å². The van der Waals surface area contributed by atoms with Gasteiger partial charge in [0.25, 0.3) is 0 Å². The van der Waals surface area contributed by atoms with Gasteiger partial charge in [-0.05, 0) is 25.6 Å². The van der Waals surface area contributed by atoms with Crippen molar-refractivity contribution < 1.29 is 0 Å². The zero-order valence-corrected chi connectivity index (χ0v) is 10.0. The van der Waals surface area contributed by atoms with Crippen LogP contribution < -0.4 is 5.32 Å². The third kappa shape index (κ3) is 2.09. The molecule has 0 radical (unpaired) electrons. The number of nitrogens with zero attached hydrogens (tertiary/aromatic N) is 2. The van der Waals surface area contributed by atoms with Gasteiger partial charge in [0.05, 0.1) is 11.0 Å². The van der Waals surface area contributed by atoms with E-state index in [1.807, 2.05) is 13.1 Å². The first kappa shape index (κ1) is 11.1. The minimum Gasteiger partial charge on any atom is -0.327 e. The zero-order valence-electron chi connectivity index (χ0n) is 10.0. The van der Waals surface area contributed by atoms with Gasteiger partial charge < -0.3 is 9.88 Å². The summed E-state index contributed by atoms with van der Waals surface area (Å²) < 4.78 is 2.33. The number of aryl methyl sites for hydroxylation is 1. The first-order valence-electron chi connectivity index (χ1n) is 5.95. The highest BCUT2D eigenvalue weighted by molar-refractivity contribution is 5.75. The number of hydrogen-bond acceptors (Lipinski definition) is 2. The number of nitrogens with one attached hydrogen (secondary N) is 1. The quantitative estimate of drug-likeness (QED) is 0.832. The van der Waals surface area contributed by atoms with Crippen molar-refractivity contribution in [2.75, 3.05) is 13.6 Å². The molecule has 0 aliphatic rings. The van der Waals surface area contributed by atoms with E-state index in [0.717, 1.165) is 31.4 Å². The molecular formula is C13H19N3. The van der Waals surface area contributed by atoms with Crippen LogP contribution in [0.4, 0.5) is 0 Å². The molecule has 86 valence electrons. The lowest BCUT2D eigenvalue weighted by molar-refractivity contribution is 0.623. The summed E-state index contributed by atoms with van der Waals surface area (Å²) >= 11 is 0. The average Bonchev–Trinajstić information content (AvgIpc) is 2.65. The molecule has 1 aromatic carbocycles. The van der Waals surface area contributed by atoms with Gasteiger partial charge in [-0.25, -0.2) is 4.98 Å². The average molecular weight is 217 g/mol. The number of benzene rings is 1. The van der Waals surface area contributed by atoms with Gasteiger partial charge in [0.2, 0.25) is 0 Å². The number of likely N-dealkylation sites (N-methyl/N-ethyl adjacent to an activating group) is 1. The monoisotopic (exact) mass is 217 g/mol. The first-order chi connectivity index (χ1) is 7.86. The molecule has 2 aromatic rings. The summed E-state index contributed by atoms with van der Waals surface area (Å²) in [6.07, 6.45) is 2.20. The second-order valence-electron chi connectivity index (χ2n) is 4.02. The molecule has 0 spiro atoms. The van der Waals surface area contributed by atoms with Crippen LogP contribution in [-0.4, -0.2) is 23.1 Å². The van der Waals surface area contributed by atoms with Crippen LogP contribution in [0.5, 0.6) is 0 Å². The maximum absolute atomic E-state index is 4.69. The van der Waals surface area contributed by atoms with E-state index in [1.54, 1.807) is 0 Å². The molecule has 0 fully saturated rings. The molecule has 0 amide bonds. The lowest BCUT2D eigenvalue weighted by atomic mass is 10.3. The maximum Gasteiger partial charge on any atom is 0.109 e. The van der Waals surface area contributed by atoms with E-state index in [2.05, 4.69) is 35.0 Å². The highest BCUT2D eigenvalue weighted by Gasteiger charge is 2.08. The Bertz CT molecular complexity index is 459. The summed E-state index contributed by atoms with van der Waals surface area (Å²) in [5, 5.41) is 3.19. The van der Waals surface area contributed by atoms with Gasteiger partial charge in [-0.3, -0.25) is 0 Å². The van der Waals surface area contributed by atoms with Gasteiger partial charge in [-0.15, -0.1) is 0 Å². The van der Waals surface area contributed by atoms with Gasteiger partial charge >= 0.3 is 0 Å². The van der Waals surface area contributed by atoms with Crippen LogP contribution in [0.3, 0.4) is 0 Å². The van der Waals surface area contributed by atoms with E-state index < -0.39 is 0 Å². The summed E-state index contributed by atoms with van der Waals surface area (Å²) in [6, 6.07) is 8.37. The summed E-state index contributed by atoms with van der Waals surface area (Å²) in [5.41, 5.74) is 2.36. The molecule has 3 heteroatoms. The van der Waals surface area contributed by atoms with Crippen molar-refractivity contribution in [3.8, 4) is 0 Å². The fourth-order valence-electron chi connectivity index (χ4n) is 2.01. The van der Waals surface area contributed by atoms with Crippen molar-refractivity contribution >= 4 is 11.0 Å². The molecule has 1 N–H and O–H groups in total. The zero-order chi connectivity index (χ0) is 11.4. The second kappa shape index (κ2) is 5.12. The SMILES string of the molecule is CCCc1nc2ccccc2n1CCNC. The molecule has 1 aromatic heterocycles. The Morgan fingerprint density at radius 1 is 1.31 bits per heavy atom.